The molecule has 0 spiro atoms. The van der Waals surface area contributed by atoms with Crippen molar-refractivity contribution in [2.75, 3.05) is 11.4 Å². The van der Waals surface area contributed by atoms with E-state index < -0.39 is 37.0 Å². The lowest BCUT2D eigenvalue weighted by Gasteiger charge is -2.32. The van der Waals surface area contributed by atoms with Gasteiger partial charge in [0.25, 0.3) is 0 Å². The third kappa shape index (κ3) is 3.41. The third-order valence-corrected chi connectivity index (χ3v) is 3.23. The van der Waals surface area contributed by atoms with Gasteiger partial charge in [-0.25, -0.2) is 9.69 Å². The number of imide groups is 2. The van der Waals surface area contributed by atoms with Crippen LogP contribution >= 0.6 is 15.9 Å². The van der Waals surface area contributed by atoms with Crippen LogP contribution in [0.25, 0.3) is 0 Å². The molecule has 1 aromatic rings. The van der Waals surface area contributed by atoms with E-state index in [1.54, 1.807) is 0 Å². The number of amides is 4. The number of barbiturate groups is 1. The highest BCUT2D eigenvalue weighted by molar-refractivity contribution is 9.10. The van der Waals surface area contributed by atoms with Crippen molar-refractivity contribution in [2.24, 2.45) is 0 Å². The predicted octanol–water partition coefficient (Wildman–Crippen LogP) is 2.70. The molecule has 0 atom stereocenters. The topological polar surface area (TPSA) is 57.7 Å². The highest BCUT2D eigenvalue weighted by Gasteiger charge is 2.44. The Morgan fingerprint density at radius 1 is 1.05 bits per heavy atom. The van der Waals surface area contributed by atoms with Gasteiger partial charge in [0.05, 0.1) is 5.69 Å². The monoisotopic (exact) mass is 364 g/mol. The van der Waals surface area contributed by atoms with Gasteiger partial charge in [0, 0.05) is 4.47 Å². The van der Waals surface area contributed by atoms with Crippen molar-refractivity contribution >= 4 is 39.5 Å². The quantitative estimate of drug-likeness (QED) is 0.758. The highest BCUT2D eigenvalue weighted by atomic mass is 79.9. The number of carbonyl (C=O) groups excluding carboxylic acids is 3. The first-order valence-electron chi connectivity index (χ1n) is 5.68. The fourth-order valence-corrected chi connectivity index (χ4v) is 2.08. The van der Waals surface area contributed by atoms with Gasteiger partial charge in [0.1, 0.15) is 13.0 Å². The van der Waals surface area contributed by atoms with Gasteiger partial charge in [0.2, 0.25) is 11.8 Å². The average Bonchev–Trinajstić information content (AvgIpc) is 2.35. The van der Waals surface area contributed by atoms with Gasteiger partial charge in [-0.3, -0.25) is 14.5 Å². The summed E-state index contributed by atoms with van der Waals surface area (Å²) in [6.07, 6.45) is -5.50. The van der Waals surface area contributed by atoms with Crippen LogP contribution in [0.1, 0.15) is 6.42 Å². The van der Waals surface area contributed by atoms with Crippen LogP contribution < -0.4 is 4.90 Å². The molecule has 1 fully saturated rings. The molecule has 1 aromatic carbocycles. The summed E-state index contributed by atoms with van der Waals surface area (Å²) < 4.78 is 37.9. The minimum Gasteiger partial charge on any atom is -0.274 e. The molecular weight excluding hydrogens is 357 g/mol. The van der Waals surface area contributed by atoms with Crippen molar-refractivity contribution in [3.05, 3.63) is 28.7 Å². The third-order valence-electron chi connectivity index (χ3n) is 2.70. The molecule has 0 radical (unpaired) electrons. The van der Waals surface area contributed by atoms with Gasteiger partial charge in [-0.05, 0) is 24.3 Å². The van der Waals surface area contributed by atoms with Crippen LogP contribution in [0.15, 0.2) is 28.7 Å². The number of halogens is 4. The lowest BCUT2D eigenvalue weighted by Crippen LogP contribution is -2.57. The summed E-state index contributed by atoms with van der Waals surface area (Å²) in [5, 5.41) is 0. The van der Waals surface area contributed by atoms with Gasteiger partial charge in [0.15, 0.2) is 0 Å². The summed E-state index contributed by atoms with van der Waals surface area (Å²) in [5.41, 5.74) is 0.105. The van der Waals surface area contributed by atoms with Crippen LogP contribution in [-0.2, 0) is 9.59 Å². The summed E-state index contributed by atoms with van der Waals surface area (Å²) in [6.45, 7) is -1.72. The average molecular weight is 365 g/mol. The Balaban J connectivity index is 2.33. The van der Waals surface area contributed by atoms with E-state index in [2.05, 4.69) is 15.9 Å². The standard InChI is InChI=1S/C12H8BrF3N2O3/c13-7-1-3-8(4-2-7)18-10(20)5-9(19)17(11(18)21)6-12(14,15)16/h1-4H,5-6H2. The Morgan fingerprint density at radius 2 is 1.62 bits per heavy atom. The molecule has 1 saturated heterocycles. The Labute approximate surface area is 125 Å². The number of hydrogen-bond donors (Lipinski definition) is 0. The highest BCUT2D eigenvalue weighted by Crippen LogP contribution is 2.26. The van der Waals surface area contributed by atoms with Crippen molar-refractivity contribution in [3.8, 4) is 0 Å². The van der Waals surface area contributed by atoms with E-state index in [1.807, 2.05) is 0 Å². The number of rotatable bonds is 2. The first kappa shape index (κ1) is 15.5. The van der Waals surface area contributed by atoms with E-state index in [9.17, 15) is 27.6 Å². The smallest absolute Gasteiger partial charge is 0.274 e. The molecule has 0 N–H and O–H groups in total. The molecule has 4 amide bonds. The zero-order chi connectivity index (χ0) is 15.8. The molecule has 0 aromatic heterocycles. The fraction of sp³-hybridized carbons (Fsp3) is 0.250. The maximum Gasteiger partial charge on any atom is 0.406 e. The van der Waals surface area contributed by atoms with E-state index in [0.717, 1.165) is 0 Å². The van der Waals surface area contributed by atoms with E-state index in [4.69, 9.17) is 0 Å². The molecule has 5 nitrogen and oxygen atoms in total. The lowest BCUT2D eigenvalue weighted by molar-refractivity contribution is -0.157. The SMILES string of the molecule is O=C1CC(=O)N(c2ccc(Br)cc2)C(=O)N1CC(F)(F)F. The van der Waals surface area contributed by atoms with E-state index in [1.165, 1.54) is 24.3 Å². The van der Waals surface area contributed by atoms with Crippen molar-refractivity contribution in [1.29, 1.82) is 0 Å². The Morgan fingerprint density at radius 3 is 2.14 bits per heavy atom. The van der Waals surface area contributed by atoms with E-state index in [0.29, 0.717) is 9.37 Å². The van der Waals surface area contributed by atoms with Crippen molar-refractivity contribution in [3.63, 3.8) is 0 Å². The first-order chi connectivity index (χ1) is 9.69. The van der Waals surface area contributed by atoms with Crippen LogP contribution in [-0.4, -0.2) is 35.5 Å². The minimum atomic E-state index is -4.73. The summed E-state index contributed by atoms with van der Waals surface area (Å²) in [7, 11) is 0. The van der Waals surface area contributed by atoms with Gasteiger partial charge >= 0.3 is 12.2 Å². The zero-order valence-corrected chi connectivity index (χ0v) is 11.9. The van der Waals surface area contributed by atoms with Crippen LogP contribution in [0.3, 0.4) is 0 Å². The number of hydrogen-bond acceptors (Lipinski definition) is 3. The van der Waals surface area contributed by atoms with Crippen molar-refractivity contribution in [1.82, 2.24) is 4.90 Å². The lowest BCUT2D eigenvalue weighted by atomic mass is 10.2. The van der Waals surface area contributed by atoms with Crippen LogP contribution in [0.5, 0.6) is 0 Å². The number of alkyl halides is 3. The van der Waals surface area contributed by atoms with Gasteiger partial charge < -0.3 is 0 Å². The van der Waals surface area contributed by atoms with E-state index >= 15 is 0 Å². The Bertz CT molecular complexity index is 601. The molecule has 21 heavy (non-hydrogen) atoms. The second-order valence-electron chi connectivity index (χ2n) is 4.26. The van der Waals surface area contributed by atoms with Gasteiger partial charge in [-0.15, -0.1) is 0 Å². The summed E-state index contributed by atoms with van der Waals surface area (Å²) in [4.78, 5) is 35.9. The molecule has 0 bridgehead atoms. The van der Waals surface area contributed by atoms with Gasteiger partial charge in [-0.2, -0.15) is 13.2 Å². The number of benzene rings is 1. The maximum absolute atomic E-state index is 12.4. The zero-order valence-electron chi connectivity index (χ0n) is 10.4. The molecule has 2 rings (SSSR count). The molecule has 0 unspecified atom stereocenters. The first-order valence-corrected chi connectivity index (χ1v) is 6.48. The molecule has 9 heteroatoms. The number of carbonyl (C=O) groups is 3. The Hall–Kier alpha value is -1.90. The van der Waals surface area contributed by atoms with Crippen molar-refractivity contribution < 1.29 is 27.6 Å². The number of anilines is 1. The minimum absolute atomic E-state index is 0.0312. The fourth-order valence-electron chi connectivity index (χ4n) is 1.82. The number of urea groups is 1. The molecule has 1 heterocycles. The van der Waals surface area contributed by atoms with E-state index in [-0.39, 0.29) is 10.6 Å². The van der Waals surface area contributed by atoms with Crippen molar-refractivity contribution in [2.45, 2.75) is 12.6 Å². The van der Waals surface area contributed by atoms with Crippen LogP contribution in [0, 0.1) is 0 Å². The van der Waals surface area contributed by atoms with Crippen LogP contribution in [0.2, 0.25) is 0 Å². The second kappa shape index (κ2) is 5.47. The van der Waals surface area contributed by atoms with Crippen LogP contribution in [0.4, 0.5) is 23.7 Å². The molecule has 1 aliphatic rings. The molecular formula is C12H8BrF3N2O3. The normalized spacial score (nSPS) is 16.7. The maximum atomic E-state index is 12.4. The molecule has 1 aliphatic heterocycles. The molecule has 0 aliphatic carbocycles. The summed E-state index contributed by atoms with van der Waals surface area (Å²) in [6, 6.07) is 4.54. The second-order valence-corrected chi connectivity index (χ2v) is 5.18. The summed E-state index contributed by atoms with van der Waals surface area (Å²) >= 11 is 3.16. The molecule has 0 saturated carbocycles. The van der Waals surface area contributed by atoms with Gasteiger partial charge in [-0.1, -0.05) is 15.9 Å². The number of nitrogens with zero attached hydrogens (tertiary/aromatic N) is 2. The summed E-state index contributed by atoms with van der Waals surface area (Å²) in [5.74, 6) is -2.01. The Kier molecular flexibility index (Phi) is 4.04. The largest absolute Gasteiger partial charge is 0.406 e. The predicted molar refractivity (Wildman–Crippen MR) is 69.4 cm³/mol. The molecule has 112 valence electrons.